The summed E-state index contributed by atoms with van der Waals surface area (Å²) >= 11 is 6.17. The van der Waals surface area contributed by atoms with Crippen molar-refractivity contribution in [2.75, 3.05) is 5.32 Å². The highest BCUT2D eigenvalue weighted by Gasteiger charge is 2.19. The summed E-state index contributed by atoms with van der Waals surface area (Å²) in [4.78, 5) is 28.5. The molecule has 0 radical (unpaired) electrons. The van der Waals surface area contributed by atoms with Crippen molar-refractivity contribution >= 4 is 34.4 Å². The van der Waals surface area contributed by atoms with E-state index in [0.717, 1.165) is 39.2 Å². The highest BCUT2D eigenvalue weighted by Crippen LogP contribution is 2.38. The monoisotopic (exact) mass is 405 g/mol. The van der Waals surface area contributed by atoms with E-state index in [1.165, 1.54) is 6.92 Å². The largest absolute Gasteiger partial charge is 0.353 e. The quantitative estimate of drug-likeness (QED) is 0.474. The molecule has 0 spiro atoms. The third-order valence-electron chi connectivity index (χ3n) is 4.57. The Morgan fingerprint density at radius 1 is 1.17 bits per heavy atom. The van der Waals surface area contributed by atoms with Gasteiger partial charge in [-0.1, -0.05) is 31.5 Å². The molecule has 0 unspecified atom stereocenters. The van der Waals surface area contributed by atoms with Gasteiger partial charge in [0.15, 0.2) is 0 Å². The molecule has 2 N–H and O–H groups in total. The van der Waals surface area contributed by atoms with Crippen LogP contribution in [0.3, 0.4) is 0 Å². The number of pyridine rings is 3. The maximum absolute atomic E-state index is 11.4. The van der Waals surface area contributed by atoms with Crippen molar-refractivity contribution in [3.8, 4) is 22.5 Å². The van der Waals surface area contributed by atoms with Gasteiger partial charge in [-0.3, -0.25) is 14.8 Å². The highest BCUT2D eigenvalue weighted by molar-refractivity contribution is 6.31. The van der Waals surface area contributed by atoms with Crippen LogP contribution >= 0.6 is 11.6 Å². The number of carbonyl (C=O) groups excluding carboxylic acids is 1. The topological polar surface area (TPSA) is 83.6 Å². The number of rotatable bonds is 4. The summed E-state index contributed by atoms with van der Waals surface area (Å²) in [6.45, 7) is 5.68. The Bertz CT molecular complexity index is 1220. The van der Waals surface area contributed by atoms with E-state index in [0.29, 0.717) is 16.8 Å². The Morgan fingerprint density at radius 2 is 2.00 bits per heavy atom. The number of amides is 1. The molecule has 0 atom stereocenters. The van der Waals surface area contributed by atoms with Gasteiger partial charge in [0.2, 0.25) is 5.91 Å². The van der Waals surface area contributed by atoms with Gasteiger partial charge in [0.05, 0.1) is 33.0 Å². The first-order valence-corrected chi connectivity index (χ1v) is 9.68. The summed E-state index contributed by atoms with van der Waals surface area (Å²) in [6.07, 6.45) is 3.29. The molecule has 0 aromatic carbocycles. The van der Waals surface area contributed by atoms with E-state index in [2.05, 4.69) is 34.1 Å². The fourth-order valence-electron chi connectivity index (χ4n) is 3.26. The fraction of sp³-hybridized carbons (Fsp3) is 0.182. The number of anilines is 1. The maximum atomic E-state index is 11.4. The molecule has 7 heteroatoms. The first-order chi connectivity index (χ1) is 13.9. The lowest BCUT2D eigenvalue weighted by Gasteiger charge is -2.09. The van der Waals surface area contributed by atoms with Crippen molar-refractivity contribution in [1.82, 2.24) is 19.9 Å². The Hall–Kier alpha value is -3.25. The van der Waals surface area contributed by atoms with E-state index in [1.54, 1.807) is 12.4 Å². The molecule has 4 aromatic rings. The van der Waals surface area contributed by atoms with Gasteiger partial charge < -0.3 is 10.3 Å². The average molecular weight is 406 g/mol. The Labute approximate surface area is 173 Å². The third-order valence-corrected chi connectivity index (χ3v) is 4.78. The lowest BCUT2D eigenvalue weighted by molar-refractivity contribution is -0.114. The molecule has 1 amide bonds. The SMILES string of the molecule is CC(=O)Nc1cc(-c2[nH]c3cc(Cl)cnc3c2-c2cccc(C(C)C)n2)ccn1. The summed E-state index contributed by atoms with van der Waals surface area (Å²) in [5.41, 5.74) is 6.03. The van der Waals surface area contributed by atoms with Gasteiger partial charge in [0, 0.05) is 30.6 Å². The highest BCUT2D eigenvalue weighted by atomic mass is 35.5. The zero-order chi connectivity index (χ0) is 20.5. The number of fused-ring (bicyclic) bond motifs is 1. The molecule has 4 rings (SSSR count). The zero-order valence-corrected chi connectivity index (χ0v) is 17.1. The van der Waals surface area contributed by atoms with E-state index in [-0.39, 0.29) is 5.91 Å². The van der Waals surface area contributed by atoms with Crippen LogP contribution in [0.5, 0.6) is 0 Å². The number of H-pyrrole nitrogens is 1. The Morgan fingerprint density at radius 3 is 2.76 bits per heavy atom. The molecule has 0 saturated heterocycles. The van der Waals surface area contributed by atoms with E-state index in [4.69, 9.17) is 16.6 Å². The summed E-state index contributed by atoms with van der Waals surface area (Å²) in [7, 11) is 0. The van der Waals surface area contributed by atoms with Crippen LogP contribution in [0, 0.1) is 0 Å². The van der Waals surface area contributed by atoms with Crippen LogP contribution in [0.15, 0.2) is 48.8 Å². The number of aromatic nitrogens is 4. The smallest absolute Gasteiger partial charge is 0.222 e. The van der Waals surface area contributed by atoms with Crippen molar-refractivity contribution in [2.45, 2.75) is 26.7 Å². The van der Waals surface area contributed by atoms with Crippen LogP contribution < -0.4 is 5.32 Å². The first-order valence-electron chi connectivity index (χ1n) is 9.31. The number of hydrogen-bond donors (Lipinski definition) is 2. The Balaban J connectivity index is 1.96. The first kappa shape index (κ1) is 19.1. The van der Waals surface area contributed by atoms with Crippen LogP contribution in [0.25, 0.3) is 33.5 Å². The standard InChI is InChI=1S/C22H20ClN5O/c1-12(2)16-5-4-6-17(27-16)20-21(28-18-10-15(23)11-25-22(18)20)14-7-8-24-19(9-14)26-13(3)29/h4-12,28H,1-3H3,(H,24,26,29). The van der Waals surface area contributed by atoms with Crippen LogP contribution in [-0.2, 0) is 4.79 Å². The van der Waals surface area contributed by atoms with E-state index >= 15 is 0 Å². The van der Waals surface area contributed by atoms with Gasteiger partial charge >= 0.3 is 0 Å². The lowest BCUT2D eigenvalue weighted by atomic mass is 10.0. The summed E-state index contributed by atoms with van der Waals surface area (Å²) in [5.74, 6) is 0.610. The minimum absolute atomic E-state index is 0.175. The minimum atomic E-state index is -0.175. The summed E-state index contributed by atoms with van der Waals surface area (Å²) in [6, 6.07) is 11.6. The lowest BCUT2D eigenvalue weighted by Crippen LogP contribution is -2.07. The van der Waals surface area contributed by atoms with Crippen LogP contribution in [0.1, 0.15) is 32.4 Å². The molecule has 4 heterocycles. The van der Waals surface area contributed by atoms with Gasteiger partial charge in [-0.15, -0.1) is 0 Å². The second-order valence-corrected chi connectivity index (χ2v) is 7.57. The summed E-state index contributed by atoms with van der Waals surface area (Å²) < 4.78 is 0. The van der Waals surface area contributed by atoms with Gasteiger partial charge in [-0.2, -0.15) is 0 Å². The zero-order valence-electron chi connectivity index (χ0n) is 16.3. The number of carbonyl (C=O) groups is 1. The number of hydrogen-bond acceptors (Lipinski definition) is 4. The van der Waals surface area contributed by atoms with Crippen molar-refractivity contribution in [2.24, 2.45) is 0 Å². The minimum Gasteiger partial charge on any atom is -0.353 e. The molecule has 0 bridgehead atoms. The number of nitrogens with one attached hydrogen (secondary N) is 2. The van der Waals surface area contributed by atoms with Gasteiger partial charge in [0.1, 0.15) is 5.82 Å². The molecular weight excluding hydrogens is 386 g/mol. The average Bonchev–Trinajstić information content (AvgIpc) is 3.06. The fourth-order valence-corrected chi connectivity index (χ4v) is 3.42. The van der Waals surface area contributed by atoms with Crippen molar-refractivity contribution in [3.63, 3.8) is 0 Å². The normalized spacial score (nSPS) is 11.2. The predicted octanol–water partition coefficient (Wildman–Crippen LogP) is 5.42. The van der Waals surface area contributed by atoms with Crippen molar-refractivity contribution in [3.05, 3.63) is 59.5 Å². The molecule has 0 aliphatic heterocycles. The van der Waals surface area contributed by atoms with Crippen molar-refractivity contribution < 1.29 is 4.79 Å². The van der Waals surface area contributed by atoms with Crippen LogP contribution in [0.4, 0.5) is 5.82 Å². The molecule has 0 saturated carbocycles. The molecule has 0 aliphatic rings. The van der Waals surface area contributed by atoms with Crippen LogP contribution in [-0.4, -0.2) is 25.8 Å². The van der Waals surface area contributed by atoms with E-state index < -0.39 is 0 Å². The molecule has 29 heavy (non-hydrogen) atoms. The van der Waals surface area contributed by atoms with Crippen molar-refractivity contribution in [1.29, 1.82) is 0 Å². The predicted molar refractivity (Wildman–Crippen MR) is 116 cm³/mol. The Kier molecular flexibility index (Phi) is 5.03. The van der Waals surface area contributed by atoms with Gasteiger partial charge in [-0.05, 0) is 36.2 Å². The third kappa shape index (κ3) is 3.84. The number of nitrogens with zero attached hydrogens (tertiary/aromatic N) is 3. The summed E-state index contributed by atoms with van der Waals surface area (Å²) in [5, 5.41) is 3.28. The second kappa shape index (κ2) is 7.64. The molecule has 146 valence electrons. The maximum Gasteiger partial charge on any atom is 0.222 e. The van der Waals surface area contributed by atoms with Crippen LogP contribution in [0.2, 0.25) is 5.02 Å². The van der Waals surface area contributed by atoms with E-state index in [1.807, 2.05) is 36.4 Å². The van der Waals surface area contributed by atoms with Gasteiger partial charge in [0.25, 0.3) is 0 Å². The molecule has 4 aromatic heterocycles. The number of halogens is 1. The second-order valence-electron chi connectivity index (χ2n) is 7.14. The molecular formula is C22H20ClN5O. The molecule has 0 fully saturated rings. The number of aromatic amines is 1. The molecule has 0 aliphatic carbocycles. The van der Waals surface area contributed by atoms with Gasteiger partial charge in [-0.25, -0.2) is 4.98 Å². The molecule has 6 nitrogen and oxygen atoms in total. The van der Waals surface area contributed by atoms with E-state index in [9.17, 15) is 4.79 Å².